The number of hydrogen-bond donors (Lipinski definition) is 1. The number of halogens is 4. The number of hydrogen-bond acceptors (Lipinski definition) is 4. The summed E-state index contributed by atoms with van der Waals surface area (Å²) >= 11 is 0. The summed E-state index contributed by atoms with van der Waals surface area (Å²) in [6.45, 7) is 2.64. The van der Waals surface area contributed by atoms with Crippen molar-refractivity contribution in [1.29, 1.82) is 0 Å². The Morgan fingerprint density at radius 2 is 1.78 bits per heavy atom. The molecule has 1 aromatic heterocycles. The summed E-state index contributed by atoms with van der Waals surface area (Å²) in [6, 6.07) is 7.70. The zero-order valence-electron chi connectivity index (χ0n) is 17.2. The molecule has 0 amide bonds. The van der Waals surface area contributed by atoms with E-state index in [1.807, 2.05) is 0 Å². The first kappa shape index (κ1) is 22.5. The Labute approximate surface area is 183 Å². The van der Waals surface area contributed by atoms with Crippen LogP contribution in [-0.2, 0) is 16.2 Å². The molecule has 1 aliphatic heterocycles. The van der Waals surface area contributed by atoms with Crippen LogP contribution in [0.4, 0.5) is 29.1 Å². The highest BCUT2D eigenvalue weighted by molar-refractivity contribution is 7.89. The van der Waals surface area contributed by atoms with Gasteiger partial charge in [0.25, 0.3) is 0 Å². The van der Waals surface area contributed by atoms with Gasteiger partial charge >= 0.3 is 6.18 Å². The summed E-state index contributed by atoms with van der Waals surface area (Å²) in [4.78, 5) is 4.29. The average Bonchev–Trinajstić information content (AvgIpc) is 2.75. The van der Waals surface area contributed by atoms with Gasteiger partial charge in [-0.2, -0.15) is 17.5 Å². The lowest BCUT2D eigenvalue weighted by Crippen LogP contribution is -2.35. The molecule has 0 spiro atoms. The average molecular weight is 467 g/mol. The lowest BCUT2D eigenvalue weighted by atomic mass is 10.1. The molecule has 0 bridgehead atoms. The monoisotopic (exact) mass is 467 g/mol. The third kappa shape index (κ3) is 4.16. The van der Waals surface area contributed by atoms with Crippen molar-refractivity contribution in [2.24, 2.45) is 0 Å². The standard InChI is InChI=1S/C22H21F4N3O2S/c1-14-6-5-7-16-20(14)19(32(30,31)29-10-3-2-4-11-29)13-27-21(16)28-15-8-9-18(23)17(12-15)22(24,25)26/h5-9,12-13H,2-4,10-11H2,1H3,(H,27,28). The fourth-order valence-electron chi connectivity index (χ4n) is 3.95. The van der Waals surface area contributed by atoms with E-state index in [0.29, 0.717) is 35.5 Å². The normalized spacial score (nSPS) is 15.8. The summed E-state index contributed by atoms with van der Waals surface area (Å²) in [6.07, 6.45) is -1.06. The van der Waals surface area contributed by atoms with E-state index in [4.69, 9.17) is 0 Å². The Hall–Kier alpha value is -2.72. The van der Waals surface area contributed by atoms with Gasteiger partial charge < -0.3 is 5.32 Å². The minimum atomic E-state index is -4.85. The predicted molar refractivity (Wildman–Crippen MR) is 114 cm³/mol. The highest BCUT2D eigenvalue weighted by Crippen LogP contribution is 2.36. The Kier molecular flexibility index (Phi) is 5.85. The van der Waals surface area contributed by atoms with Crippen molar-refractivity contribution in [2.75, 3.05) is 18.4 Å². The second kappa shape index (κ2) is 8.32. The van der Waals surface area contributed by atoms with Crippen molar-refractivity contribution >= 4 is 32.3 Å². The molecule has 0 unspecified atom stereocenters. The molecule has 1 fully saturated rings. The first-order valence-electron chi connectivity index (χ1n) is 10.1. The molecule has 2 aromatic carbocycles. The molecule has 2 heterocycles. The van der Waals surface area contributed by atoms with Gasteiger partial charge in [0.2, 0.25) is 10.0 Å². The summed E-state index contributed by atoms with van der Waals surface area (Å²) in [7, 11) is -3.79. The summed E-state index contributed by atoms with van der Waals surface area (Å²) in [5, 5.41) is 3.68. The van der Waals surface area contributed by atoms with Crippen LogP contribution in [0.2, 0.25) is 0 Å². The van der Waals surface area contributed by atoms with Gasteiger partial charge in [0.1, 0.15) is 16.5 Å². The number of nitrogens with one attached hydrogen (secondary N) is 1. The highest BCUT2D eigenvalue weighted by Gasteiger charge is 2.34. The second-order valence-electron chi connectivity index (χ2n) is 7.75. The van der Waals surface area contributed by atoms with E-state index < -0.39 is 27.6 Å². The van der Waals surface area contributed by atoms with Crippen LogP contribution in [0.15, 0.2) is 47.5 Å². The molecule has 32 heavy (non-hydrogen) atoms. The fourth-order valence-corrected chi connectivity index (χ4v) is 5.68. The molecule has 10 heteroatoms. The number of aryl methyl sites for hydroxylation is 1. The number of fused-ring (bicyclic) bond motifs is 1. The van der Waals surface area contributed by atoms with Gasteiger partial charge in [-0.1, -0.05) is 24.6 Å². The fraction of sp³-hybridized carbons (Fsp3) is 0.318. The highest BCUT2D eigenvalue weighted by atomic mass is 32.2. The maximum Gasteiger partial charge on any atom is 0.419 e. The Morgan fingerprint density at radius 3 is 2.47 bits per heavy atom. The summed E-state index contributed by atoms with van der Waals surface area (Å²) in [5.74, 6) is -1.19. The van der Waals surface area contributed by atoms with Crippen LogP contribution in [0.25, 0.3) is 10.8 Å². The molecule has 1 saturated heterocycles. The zero-order valence-corrected chi connectivity index (χ0v) is 18.0. The van der Waals surface area contributed by atoms with Crippen LogP contribution in [0.1, 0.15) is 30.4 Å². The Morgan fingerprint density at radius 1 is 1.06 bits per heavy atom. The van der Waals surface area contributed by atoms with Crippen LogP contribution < -0.4 is 5.32 Å². The van der Waals surface area contributed by atoms with Gasteiger partial charge in [-0.05, 0) is 43.5 Å². The third-order valence-corrected chi connectivity index (χ3v) is 7.46. The number of aromatic nitrogens is 1. The molecular weight excluding hydrogens is 446 g/mol. The smallest absolute Gasteiger partial charge is 0.340 e. The molecule has 5 nitrogen and oxygen atoms in total. The van der Waals surface area contributed by atoms with Gasteiger partial charge in [0.05, 0.1) is 5.56 Å². The van der Waals surface area contributed by atoms with Crippen molar-refractivity contribution in [1.82, 2.24) is 9.29 Å². The van der Waals surface area contributed by atoms with E-state index >= 15 is 0 Å². The minimum Gasteiger partial charge on any atom is -0.340 e. The van der Waals surface area contributed by atoms with Crippen LogP contribution in [0, 0.1) is 12.7 Å². The second-order valence-corrected chi connectivity index (χ2v) is 9.66. The maximum atomic E-state index is 13.6. The van der Waals surface area contributed by atoms with E-state index in [-0.39, 0.29) is 16.4 Å². The molecule has 0 atom stereocenters. The lowest BCUT2D eigenvalue weighted by Gasteiger charge is -2.26. The van der Waals surface area contributed by atoms with E-state index in [2.05, 4.69) is 10.3 Å². The SMILES string of the molecule is Cc1cccc2c(Nc3ccc(F)c(C(F)(F)F)c3)ncc(S(=O)(=O)N3CCCCC3)c12. The van der Waals surface area contributed by atoms with Gasteiger partial charge in [0.15, 0.2) is 0 Å². The van der Waals surface area contributed by atoms with Gasteiger partial charge in [-0.3, -0.25) is 0 Å². The molecule has 1 aliphatic rings. The van der Waals surface area contributed by atoms with E-state index in [1.54, 1.807) is 25.1 Å². The first-order valence-corrected chi connectivity index (χ1v) is 11.6. The van der Waals surface area contributed by atoms with Crippen molar-refractivity contribution in [2.45, 2.75) is 37.3 Å². The number of alkyl halides is 3. The zero-order chi connectivity index (χ0) is 23.1. The molecular formula is C22H21F4N3O2S. The minimum absolute atomic E-state index is 0.0133. The molecule has 0 radical (unpaired) electrons. The molecule has 1 N–H and O–H groups in total. The van der Waals surface area contributed by atoms with Crippen LogP contribution in [0.3, 0.4) is 0 Å². The van der Waals surface area contributed by atoms with Crippen molar-refractivity contribution in [3.05, 3.63) is 59.5 Å². The first-order chi connectivity index (χ1) is 15.1. The van der Waals surface area contributed by atoms with Crippen molar-refractivity contribution < 1.29 is 26.0 Å². The number of benzene rings is 2. The lowest BCUT2D eigenvalue weighted by molar-refractivity contribution is -0.139. The Balaban J connectivity index is 1.81. The van der Waals surface area contributed by atoms with Gasteiger partial charge in [-0.25, -0.2) is 17.8 Å². The summed E-state index contributed by atoms with van der Waals surface area (Å²) < 4.78 is 81.0. The molecule has 3 aromatic rings. The van der Waals surface area contributed by atoms with Crippen molar-refractivity contribution in [3.8, 4) is 0 Å². The van der Waals surface area contributed by atoms with Crippen LogP contribution in [0.5, 0.6) is 0 Å². The molecule has 0 aliphatic carbocycles. The number of pyridine rings is 1. The van der Waals surface area contributed by atoms with Gasteiger partial charge in [-0.15, -0.1) is 0 Å². The Bertz CT molecular complexity index is 1270. The van der Waals surface area contributed by atoms with E-state index in [9.17, 15) is 26.0 Å². The van der Waals surface area contributed by atoms with Gasteiger partial charge in [0, 0.05) is 35.7 Å². The summed E-state index contributed by atoms with van der Waals surface area (Å²) in [5.41, 5.74) is -0.716. The van der Waals surface area contributed by atoms with Crippen molar-refractivity contribution in [3.63, 3.8) is 0 Å². The van der Waals surface area contributed by atoms with E-state index in [0.717, 1.165) is 25.3 Å². The number of nitrogens with zero attached hydrogens (tertiary/aromatic N) is 2. The number of sulfonamides is 1. The molecule has 170 valence electrons. The largest absolute Gasteiger partial charge is 0.419 e. The maximum absolute atomic E-state index is 13.6. The topological polar surface area (TPSA) is 62.3 Å². The van der Waals surface area contributed by atoms with Crippen LogP contribution in [-0.4, -0.2) is 30.8 Å². The van der Waals surface area contributed by atoms with Crippen LogP contribution >= 0.6 is 0 Å². The number of rotatable bonds is 4. The van der Waals surface area contributed by atoms with E-state index in [1.165, 1.54) is 16.6 Å². The third-order valence-electron chi connectivity index (χ3n) is 5.55. The quantitative estimate of drug-likeness (QED) is 0.506. The molecule has 4 rings (SSSR count). The number of piperidine rings is 1. The predicted octanol–water partition coefficient (Wildman–Crippen LogP) is 5.62. The number of anilines is 2. The molecule has 0 saturated carbocycles.